The normalized spacial score (nSPS) is 19.1. The number of nitrogens with two attached hydrogens (primary N) is 1. The van der Waals surface area contributed by atoms with Gasteiger partial charge >= 0.3 is 0 Å². The Kier molecular flexibility index (Phi) is 5.94. The fourth-order valence-corrected chi connectivity index (χ4v) is 3.31. The van der Waals surface area contributed by atoms with Crippen LogP contribution in [-0.2, 0) is 10.0 Å². The second-order valence-electron chi connectivity index (χ2n) is 4.55. The summed E-state index contributed by atoms with van der Waals surface area (Å²) in [4.78, 5) is 11.1. The van der Waals surface area contributed by atoms with E-state index < -0.39 is 15.9 Å². The van der Waals surface area contributed by atoms with E-state index in [0.29, 0.717) is 12.1 Å². The largest absolute Gasteiger partial charge is 0.366 e. The molecule has 112 valence electrons. The van der Waals surface area contributed by atoms with Crippen LogP contribution in [0.3, 0.4) is 0 Å². The fourth-order valence-electron chi connectivity index (χ4n) is 2.04. The molecule has 1 heterocycles. The Morgan fingerprint density at radius 2 is 1.95 bits per heavy atom. The van der Waals surface area contributed by atoms with E-state index in [0.717, 1.165) is 19.4 Å². The quantitative estimate of drug-likeness (QED) is 0.739. The SMILES string of the molecule is Cl.NC(=O)c1ccc(S(=O)(=O)N[C@H]2CCCNC2)cc1. The number of carbonyl (C=O) groups excluding carboxylic acids is 1. The average Bonchev–Trinajstić information content (AvgIpc) is 2.39. The number of hydrogen-bond donors (Lipinski definition) is 3. The highest BCUT2D eigenvalue weighted by atomic mass is 35.5. The predicted molar refractivity (Wildman–Crippen MR) is 78.4 cm³/mol. The van der Waals surface area contributed by atoms with E-state index in [1.165, 1.54) is 24.3 Å². The molecule has 1 amide bonds. The van der Waals surface area contributed by atoms with Gasteiger partial charge in [-0.25, -0.2) is 13.1 Å². The van der Waals surface area contributed by atoms with Crippen molar-refractivity contribution in [3.05, 3.63) is 29.8 Å². The molecular weight excluding hydrogens is 302 g/mol. The molecule has 2 rings (SSSR count). The second-order valence-corrected chi connectivity index (χ2v) is 6.27. The van der Waals surface area contributed by atoms with Gasteiger partial charge in [-0.1, -0.05) is 0 Å². The Labute approximate surface area is 124 Å². The molecule has 0 bridgehead atoms. The van der Waals surface area contributed by atoms with Crippen molar-refractivity contribution in [3.8, 4) is 0 Å². The first-order valence-electron chi connectivity index (χ1n) is 6.12. The van der Waals surface area contributed by atoms with E-state index in [2.05, 4.69) is 10.0 Å². The van der Waals surface area contributed by atoms with Gasteiger partial charge in [0.25, 0.3) is 0 Å². The summed E-state index contributed by atoms with van der Waals surface area (Å²) in [5.74, 6) is -0.576. The first kappa shape index (κ1) is 16.9. The van der Waals surface area contributed by atoms with Crippen LogP contribution in [0.5, 0.6) is 0 Å². The number of nitrogens with one attached hydrogen (secondary N) is 2. The van der Waals surface area contributed by atoms with Gasteiger partial charge < -0.3 is 11.1 Å². The summed E-state index contributed by atoms with van der Waals surface area (Å²) in [6.07, 6.45) is 1.78. The number of sulfonamides is 1. The zero-order valence-electron chi connectivity index (χ0n) is 10.8. The monoisotopic (exact) mass is 319 g/mol. The maximum Gasteiger partial charge on any atom is 0.248 e. The van der Waals surface area contributed by atoms with Crippen LogP contribution in [-0.4, -0.2) is 33.5 Å². The summed E-state index contributed by atoms with van der Waals surface area (Å²) in [5, 5.41) is 3.14. The summed E-state index contributed by atoms with van der Waals surface area (Å²) >= 11 is 0. The van der Waals surface area contributed by atoms with Crippen LogP contribution < -0.4 is 15.8 Å². The predicted octanol–water partition coefficient (Wildman–Crippen LogP) is 0.238. The summed E-state index contributed by atoms with van der Waals surface area (Å²) in [7, 11) is -3.54. The zero-order chi connectivity index (χ0) is 13.9. The van der Waals surface area contributed by atoms with Gasteiger partial charge in [-0.2, -0.15) is 0 Å². The lowest BCUT2D eigenvalue weighted by atomic mass is 10.1. The third-order valence-electron chi connectivity index (χ3n) is 3.07. The molecule has 6 nitrogen and oxygen atoms in total. The summed E-state index contributed by atoms with van der Waals surface area (Å²) in [6, 6.07) is 5.51. The minimum atomic E-state index is -3.54. The van der Waals surface area contributed by atoms with Gasteiger partial charge in [-0.3, -0.25) is 4.79 Å². The lowest BCUT2D eigenvalue weighted by Gasteiger charge is -2.23. The van der Waals surface area contributed by atoms with Crippen molar-refractivity contribution < 1.29 is 13.2 Å². The molecule has 0 aromatic heterocycles. The number of piperidine rings is 1. The van der Waals surface area contributed by atoms with Gasteiger partial charge in [0.2, 0.25) is 15.9 Å². The molecule has 1 aliphatic heterocycles. The van der Waals surface area contributed by atoms with Crippen LogP contribution in [0.25, 0.3) is 0 Å². The lowest BCUT2D eigenvalue weighted by molar-refractivity contribution is 0.1000. The first-order valence-corrected chi connectivity index (χ1v) is 7.60. The van der Waals surface area contributed by atoms with Crippen LogP contribution in [0.2, 0.25) is 0 Å². The average molecular weight is 320 g/mol. The minimum Gasteiger partial charge on any atom is -0.366 e. The van der Waals surface area contributed by atoms with Crippen LogP contribution in [0.1, 0.15) is 23.2 Å². The van der Waals surface area contributed by atoms with E-state index in [4.69, 9.17) is 5.73 Å². The van der Waals surface area contributed by atoms with E-state index >= 15 is 0 Å². The van der Waals surface area contributed by atoms with Crippen LogP contribution in [0.15, 0.2) is 29.2 Å². The molecule has 0 saturated carbocycles. The van der Waals surface area contributed by atoms with Gasteiger partial charge in [0.05, 0.1) is 4.90 Å². The number of primary amides is 1. The van der Waals surface area contributed by atoms with E-state index in [1.54, 1.807) is 0 Å². The van der Waals surface area contributed by atoms with Gasteiger partial charge in [0.1, 0.15) is 0 Å². The molecule has 20 heavy (non-hydrogen) atoms. The maximum atomic E-state index is 12.1. The van der Waals surface area contributed by atoms with Crippen molar-refractivity contribution in [1.82, 2.24) is 10.0 Å². The molecular formula is C12H18ClN3O3S. The molecule has 1 aliphatic rings. The van der Waals surface area contributed by atoms with Crippen molar-refractivity contribution >= 4 is 28.3 Å². The lowest BCUT2D eigenvalue weighted by Crippen LogP contribution is -2.45. The summed E-state index contributed by atoms with van der Waals surface area (Å²) in [6.45, 7) is 1.56. The Balaban J connectivity index is 0.00000200. The third kappa shape index (κ3) is 4.17. The standard InChI is InChI=1S/C12H17N3O3S.ClH/c13-12(16)9-3-5-11(6-4-9)19(17,18)15-10-2-1-7-14-8-10;/h3-6,10,14-15H,1-2,7-8H2,(H2,13,16);1H/t10-;/m0./s1. The zero-order valence-corrected chi connectivity index (χ0v) is 12.5. The molecule has 1 fully saturated rings. The maximum absolute atomic E-state index is 12.1. The Bertz CT molecular complexity index is 554. The highest BCUT2D eigenvalue weighted by molar-refractivity contribution is 7.89. The van der Waals surface area contributed by atoms with Crippen LogP contribution >= 0.6 is 12.4 Å². The molecule has 0 unspecified atom stereocenters. The molecule has 4 N–H and O–H groups in total. The fraction of sp³-hybridized carbons (Fsp3) is 0.417. The Hall–Kier alpha value is -1.15. The molecule has 8 heteroatoms. The minimum absolute atomic E-state index is 0. The molecule has 1 atom stereocenters. The summed E-state index contributed by atoms with van der Waals surface area (Å²) < 4.78 is 26.9. The van der Waals surface area contributed by atoms with E-state index in [1.807, 2.05) is 0 Å². The van der Waals surface area contributed by atoms with Gasteiger partial charge in [-0.05, 0) is 43.7 Å². The van der Waals surface area contributed by atoms with Gasteiger partial charge in [-0.15, -0.1) is 12.4 Å². The molecule has 0 spiro atoms. The molecule has 1 aromatic rings. The smallest absolute Gasteiger partial charge is 0.248 e. The molecule has 0 radical (unpaired) electrons. The van der Waals surface area contributed by atoms with E-state index in [-0.39, 0.29) is 23.3 Å². The molecule has 1 saturated heterocycles. The summed E-state index contributed by atoms with van der Waals surface area (Å²) in [5.41, 5.74) is 5.40. The van der Waals surface area contributed by atoms with Gasteiger partial charge in [0.15, 0.2) is 0 Å². The number of rotatable bonds is 4. The Morgan fingerprint density at radius 1 is 1.30 bits per heavy atom. The van der Waals surface area contributed by atoms with Crippen LogP contribution in [0, 0.1) is 0 Å². The molecule has 0 aliphatic carbocycles. The Morgan fingerprint density at radius 3 is 2.45 bits per heavy atom. The van der Waals surface area contributed by atoms with Gasteiger partial charge in [0, 0.05) is 18.2 Å². The number of hydrogen-bond acceptors (Lipinski definition) is 4. The third-order valence-corrected chi connectivity index (χ3v) is 4.60. The van der Waals surface area contributed by atoms with E-state index in [9.17, 15) is 13.2 Å². The van der Waals surface area contributed by atoms with Crippen molar-refractivity contribution in [3.63, 3.8) is 0 Å². The number of benzene rings is 1. The number of carbonyl (C=O) groups is 1. The van der Waals surface area contributed by atoms with Crippen molar-refractivity contribution in [2.45, 2.75) is 23.8 Å². The first-order chi connectivity index (χ1) is 8.99. The topological polar surface area (TPSA) is 101 Å². The van der Waals surface area contributed by atoms with Crippen LogP contribution in [0.4, 0.5) is 0 Å². The van der Waals surface area contributed by atoms with Crippen molar-refractivity contribution in [1.29, 1.82) is 0 Å². The van der Waals surface area contributed by atoms with Crippen molar-refractivity contribution in [2.24, 2.45) is 5.73 Å². The highest BCUT2D eigenvalue weighted by Crippen LogP contribution is 2.12. The number of halogens is 1. The number of amides is 1. The van der Waals surface area contributed by atoms with Crippen molar-refractivity contribution in [2.75, 3.05) is 13.1 Å². The molecule has 1 aromatic carbocycles. The highest BCUT2D eigenvalue weighted by Gasteiger charge is 2.21. The second kappa shape index (κ2) is 7.03.